The van der Waals surface area contributed by atoms with Crippen molar-refractivity contribution in [1.29, 1.82) is 0 Å². The zero-order chi connectivity index (χ0) is 21.6. The predicted molar refractivity (Wildman–Crippen MR) is 115 cm³/mol. The van der Waals surface area contributed by atoms with E-state index in [1.54, 1.807) is 0 Å². The molecule has 1 N–H and O–H groups in total. The van der Waals surface area contributed by atoms with Crippen LogP contribution in [0.1, 0.15) is 84.9 Å². The van der Waals surface area contributed by atoms with Crippen molar-refractivity contribution in [3.05, 3.63) is 63.2 Å². The van der Waals surface area contributed by atoms with Crippen LogP contribution in [0.25, 0.3) is 0 Å². The fourth-order valence-corrected chi connectivity index (χ4v) is 4.29. The molecule has 29 heavy (non-hydrogen) atoms. The number of carbonyl (C=O) groups excluding carboxylic acids is 1. The number of rotatable bonds is 5. The third-order valence-corrected chi connectivity index (χ3v) is 6.27. The molecule has 0 aromatic heterocycles. The molecule has 0 aliphatic heterocycles. The molecule has 0 saturated heterocycles. The highest BCUT2D eigenvalue weighted by molar-refractivity contribution is 6.35. The van der Waals surface area contributed by atoms with Gasteiger partial charge in [-0.1, -0.05) is 39.3 Å². The summed E-state index contributed by atoms with van der Waals surface area (Å²) < 4.78 is 5.85. The number of aromatic carboxylic acids is 1. The molecule has 0 atom stereocenters. The van der Waals surface area contributed by atoms with Gasteiger partial charge in [-0.2, -0.15) is 0 Å². The van der Waals surface area contributed by atoms with Crippen LogP contribution >= 0.6 is 11.6 Å². The van der Waals surface area contributed by atoms with E-state index < -0.39 is 5.97 Å². The normalized spacial score (nSPS) is 16.8. The molecule has 3 rings (SSSR count). The maximum atomic E-state index is 13.4. The average molecular weight is 415 g/mol. The lowest BCUT2D eigenvalue weighted by atomic mass is 9.62. The summed E-state index contributed by atoms with van der Waals surface area (Å²) in [6, 6.07) is 8.13. The van der Waals surface area contributed by atoms with E-state index in [1.807, 2.05) is 19.1 Å². The van der Waals surface area contributed by atoms with Gasteiger partial charge < -0.3 is 9.84 Å². The van der Waals surface area contributed by atoms with Crippen LogP contribution in [0.4, 0.5) is 0 Å². The van der Waals surface area contributed by atoms with Crippen molar-refractivity contribution in [3.8, 4) is 5.75 Å². The molecule has 1 aliphatic rings. The molecule has 0 spiro atoms. The van der Waals surface area contributed by atoms with Crippen molar-refractivity contribution in [3.63, 3.8) is 0 Å². The van der Waals surface area contributed by atoms with E-state index in [1.165, 1.54) is 23.8 Å². The number of carboxylic acid groups (broad SMARTS) is 1. The van der Waals surface area contributed by atoms with Crippen molar-refractivity contribution < 1.29 is 19.4 Å². The lowest BCUT2D eigenvalue weighted by molar-refractivity contribution is 0.0696. The van der Waals surface area contributed by atoms with Crippen molar-refractivity contribution in [2.45, 2.75) is 58.3 Å². The smallest absolute Gasteiger partial charge is 0.335 e. The standard InChI is InChI=1S/C24H27ClO4/c1-6-29-20-13-18-17(23(2,3)9-10-24(18,4)5)12-16(20)21(26)15-8-7-14(22(27)28)11-19(15)25/h7-8,11-13H,6,9-10H2,1-5H3,(H,27,28). The maximum absolute atomic E-state index is 13.4. The maximum Gasteiger partial charge on any atom is 0.335 e. The summed E-state index contributed by atoms with van der Waals surface area (Å²) in [4.78, 5) is 24.6. The van der Waals surface area contributed by atoms with Crippen molar-refractivity contribution in [2.24, 2.45) is 0 Å². The number of ether oxygens (including phenoxy) is 1. The highest BCUT2D eigenvalue weighted by atomic mass is 35.5. The summed E-state index contributed by atoms with van der Waals surface area (Å²) in [6.07, 6.45) is 2.09. The van der Waals surface area contributed by atoms with Crippen LogP contribution in [0.3, 0.4) is 0 Å². The highest BCUT2D eigenvalue weighted by Gasteiger charge is 2.38. The lowest BCUT2D eigenvalue weighted by Crippen LogP contribution is -2.34. The topological polar surface area (TPSA) is 63.6 Å². The van der Waals surface area contributed by atoms with Crippen molar-refractivity contribution >= 4 is 23.4 Å². The van der Waals surface area contributed by atoms with Gasteiger partial charge in [0.1, 0.15) is 5.75 Å². The van der Waals surface area contributed by atoms with Crippen LogP contribution < -0.4 is 4.74 Å². The van der Waals surface area contributed by atoms with E-state index in [0.29, 0.717) is 17.9 Å². The first-order valence-electron chi connectivity index (χ1n) is 9.87. The Balaban J connectivity index is 2.19. The van der Waals surface area contributed by atoms with Crippen LogP contribution in [0.2, 0.25) is 5.02 Å². The first-order chi connectivity index (χ1) is 13.5. The summed E-state index contributed by atoms with van der Waals surface area (Å²) in [6.45, 7) is 11.2. The summed E-state index contributed by atoms with van der Waals surface area (Å²) in [5.74, 6) is -0.809. The number of hydrogen-bond acceptors (Lipinski definition) is 3. The van der Waals surface area contributed by atoms with Gasteiger partial charge in [-0.3, -0.25) is 4.79 Å². The Morgan fingerprint density at radius 1 is 1.00 bits per heavy atom. The molecule has 2 aromatic carbocycles. The second kappa shape index (κ2) is 7.49. The largest absolute Gasteiger partial charge is 0.493 e. The first kappa shape index (κ1) is 21.4. The van der Waals surface area contributed by atoms with Gasteiger partial charge in [0.2, 0.25) is 0 Å². The van der Waals surface area contributed by atoms with E-state index in [-0.39, 0.29) is 32.8 Å². The van der Waals surface area contributed by atoms with Gasteiger partial charge in [-0.15, -0.1) is 0 Å². The van der Waals surface area contributed by atoms with Gasteiger partial charge in [0.15, 0.2) is 5.78 Å². The number of fused-ring (bicyclic) bond motifs is 1. The minimum atomic E-state index is -1.08. The monoisotopic (exact) mass is 414 g/mol. The van der Waals surface area contributed by atoms with Crippen LogP contribution in [0, 0.1) is 0 Å². The Kier molecular flexibility index (Phi) is 5.52. The van der Waals surface area contributed by atoms with E-state index >= 15 is 0 Å². The fraction of sp³-hybridized carbons (Fsp3) is 0.417. The van der Waals surface area contributed by atoms with E-state index in [4.69, 9.17) is 21.4 Å². The van der Waals surface area contributed by atoms with Crippen molar-refractivity contribution in [2.75, 3.05) is 6.61 Å². The molecule has 1 aliphatic carbocycles. The lowest BCUT2D eigenvalue weighted by Gasteiger charge is -2.42. The summed E-state index contributed by atoms with van der Waals surface area (Å²) in [5.41, 5.74) is 3.08. The van der Waals surface area contributed by atoms with Gasteiger partial charge in [0.05, 0.1) is 22.8 Å². The van der Waals surface area contributed by atoms with E-state index in [0.717, 1.165) is 18.4 Å². The fourth-order valence-electron chi connectivity index (χ4n) is 4.02. The summed E-state index contributed by atoms with van der Waals surface area (Å²) >= 11 is 6.27. The third-order valence-electron chi connectivity index (χ3n) is 5.96. The Bertz CT molecular complexity index is 989. The zero-order valence-electron chi connectivity index (χ0n) is 17.6. The summed E-state index contributed by atoms with van der Waals surface area (Å²) in [5, 5.41) is 9.27. The molecular weight excluding hydrogens is 388 g/mol. The number of hydrogen-bond donors (Lipinski definition) is 1. The number of halogens is 1. The van der Waals surface area contributed by atoms with Gasteiger partial charge in [0.25, 0.3) is 0 Å². The molecule has 0 heterocycles. The number of carboxylic acids is 1. The quantitative estimate of drug-likeness (QED) is 0.608. The highest BCUT2D eigenvalue weighted by Crippen LogP contribution is 2.48. The molecular formula is C24H27ClO4. The minimum Gasteiger partial charge on any atom is -0.493 e. The van der Waals surface area contributed by atoms with Gasteiger partial charge >= 0.3 is 5.97 Å². The molecule has 4 nitrogen and oxygen atoms in total. The third kappa shape index (κ3) is 3.91. The van der Waals surface area contributed by atoms with Crippen LogP contribution in [-0.4, -0.2) is 23.5 Å². The minimum absolute atomic E-state index is 0.000929. The molecule has 0 fully saturated rings. The van der Waals surface area contributed by atoms with Crippen molar-refractivity contribution in [1.82, 2.24) is 0 Å². The number of carbonyl (C=O) groups is 2. The molecule has 0 amide bonds. The van der Waals surface area contributed by atoms with Gasteiger partial charge in [-0.05, 0) is 72.1 Å². The molecule has 5 heteroatoms. The Morgan fingerprint density at radius 2 is 1.59 bits per heavy atom. The molecule has 0 saturated carbocycles. The molecule has 0 unspecified atom stereocenters. The van der Waals surface area contributed by atoms with Crippen LogP contribution in [-0.2, 0) is 10.8 Å². The summed E-state index contributed by atoms with van der Waals surface area (Å²) in [7, 11) is 0. The molecule has 0 radical (unpaired) electrons. The molecule has 154 valence electrons. The molecule has 2 aromatic rings. The zero-order valence-corrected chi connectivity index (χ0v) is 18.3. The first-order valence-corrected chi connectivity index (χ1v) is 10.2. The SMILES string of the molecule is CCOc1cc2c(cc1C(=O)c1ccc(C(=O)O)cc1Cl)C(C)(C)CCC2(C)C. The Labute approximate surface area is 176 Å². The second-order valence-electron chi connectivity index (χ2n) is 8.92. The van der Waals surface area contributed by atoms with Gasteiger partial charge in [0, 0.05) is 5.56 Å². The number of ketones is 1. The Hall–Kier alpha value is -2.33. The number of benzene rings is 2. The molecule has 0 bridgehead atoms. The van der Waals surface area contributed by atoms with Gasteiger partial charge in [-0.25, -0.2) is 4.79 Å². The average Bonchev–Trinajstić information content (AvgIpc) is 2.65. The van der Waals surface area contributed by atoms with E-state index in [2.05, 4.69) is 27.7 Å². The predicted octanol–water partition coefficient (Wildman–Crippen LogP) is 6.02. The van der Waals surface area contributed by atoms with E-state index in [9.17, 15) is 9.59 Å². The second-order valence-corrected chi connectivity index (χ2v) is 9.33. The van der Waals surface area contributed by atoms with Crippen LogP contribution in [0.15, 0.2) is 30.3 Å². The van der Waals surface area contributed by atoms with Crippen LogP contribution in [0.5, 0.6) is 5.75 Å². The Morgan fingerprint density at radius 3 is 2.10 bits per heavy atom.